The molecule has 28 heavy (non-hydrogen) atoms. The molecule has 0 radical (unpaired) electrons. The van der Waals surface area contributed by atoms with Crippen molar-refractivity contribution in [3.63, 3.8) is 0 Å². The first-order valence-electron chi connectivity index (χ1n) is 9.34. The number of carbonyl (C=O) groups is 2. The topological polar surface area (TPSA) is 89.3 Å². The number of nitrogens with zero attached hydrogens (tertiary/aromatic N) is 4. The lowest BCUT2D eigenvalue weighted by Gasteiger charge is -2.26. The molecular formula is C19H25N5O3S. The Kier molecular flexibility index (Phi) is 7.05. The largest absolute Gasteiger partial charge is 0.378 e. The maximum atomic E-state index is 12.4. The van der Waals surface area contributed by atoms with Crippen LogP contribution in [0.5, 0.6) is 0 Å². The van der Waals surface area contributed by atoms with Gasteiger partial charge < -0.3 is 19.5 Å². The Morgan fingerprint density at radius 3 is 2.68 bits per heavy atom. The monoisotopic (exact) mass is 403 g/mol. The van der Waals surface area contributed by atoms with Gasteiger partial charge in [0.15, 0.2) is 5.16 Å². The molecule has 1 aromatic heterocycles. The van der Waals surface area contributed by atoms with Crippen molar-refractivity contribution in [2.45, 2.75) is 32.0 Å². The van der Waals surface area contributed by atoms with Crippen LogP contribution in [-0.2, 0) is 27.3 Å². The standard InChI is InChI=1S/C19H25N5O3S/c1-3-24-16(12-17(25)20-15-7-5-4-6-14(15)2)21-22-19(24)28-13-18(26)23-8-10-27-11-9-23/h4-7H,3,8-13H2,1-2H3,(H,20,25). The summed E-state index contributed by atoms with van der Waals surface area (Å²) in [5, 5.41) is 11.9. The van der Waals surface area contributed by atoms with Crippen LogP contribution < -0.4 is 5.32 Å². The van der Waals surface area contributed by atoms with Gasteiger partial charge in [0.25, 0.3) is 0 Å². The van der Waals surface area contributed by atoms with E-state index < -0.39 is 0 Å². The molecule has 2 amide bonds. The smallest absolute Gasteiger partial charge is 0.233 e. The fourth-order valence-electron chi connectivity index (χ4n) is 2.96. The summed E-state index contributed by atoms with van der Waals surface area (Å²) in [5.41, 5.74) is 1.80. The van der Waals surface area contributed by atoms with Crippen molar-refractivity contribution in [1.29, 1.82) is 0 Å². The SMILES string of the molecule is CCn1c(CC(=O)Nc2ccccc2C)nnc1SCC(=O)N1CCOCC1. The van der Waals surface area contributed by atoms with Gasteiger partial charge in [0.1, 0.15) is 5.82 Å². The van der Waals surface area contributed by atoms with Gasteiger partial charge in [-0.1, -0.05) is 30.0 Å². The van der Waals surface area contributed by atoms with Crippen LogP contribution >= 0.6 is 11.8 Å². The molecule has 3 rings (SSSR count). The Hall–Kier alpha value is -2.39. The predicted octanol–water partition coefficient (Wildman–Crippen LogP) is 1.74. The van der Waals surface area contributed by atoms with Gasteiger partial charge in [-0.15, -0.1) is 10.2 Å². The molecule has 1 aliphatic heterocycles. The fraction of sp³-hybridized carbons (Fsp3) is 0.474. The summed E-state index contributed by atoms with van der Waals surface area (Å²) in [7, 11) is 0. The highest BCUT2D eigenvalue weighted by atomic mass is 32.2. The third-order valence-electron chi connectivity index (χ3n) is 4.54. The molecular weight excluding hydrogens is 378 g/mol. The first kappa shape index (κ1) is 20.3. The zero-order valence-corrected chi connectivity index (χ0v) is 17.0. The van der Waals surface area contributed by atoms with E-state index in [4.69, 9.17) is 4.74 Å². The van der Waals surface area contributed by atoms with E-state index in [-0.39, 0.29) is 18.2 Å². The van der Waals surface area contributed by atoms with Crippen molar-refractivity contribution in [2.75, 3.05) is 37.4 Å². The number of rotatable bonds is 7. The van der Waals surface area contributed by atoms with Crippen molar-refractivity contribution in [1.82, 2.24) is 19.7 Å². The summed E-state index contributed by atoms with van der Waals surface area (Å²) in [6.07, 6.45) is 0.132. The van der Waals surface area contributed by atoms with E-state index in [9.17, 15) is 9.59 Å². The summed E-state index contributed by atoms with van der Waals surface area (Å²) in [4.78, 5) is 26.5. The summed E-state index contributed by atoms with van der Waals surface area (Å²) in [6.45, 7) is 6.98. The molecule has 0 aliphatic carbocycles. The van der Waals surface area contributed by atoms with Gasteiger partial charge in [-0.25, -0.2) is 0 Å². The maximum Gasteiger partial charge on any atom is 0.233 e. The van der Waals surface area contributed by atoms with Crippen LogP contribution in [0.1, 0.15) is 18.3 Å². The lowest BCUT2D eigenvalue weighted by Crippen LogP contribution is -2.41. The molecule has 0 saturated carbocycles. The van der Waals surface area contributed by atoms with E-state index >= 15 is 0 Å². The normalized spacial score (nSPS) is 14.1. The Labute approximate surface area is 168 Å². The second-order valence-electron chi connectivity index (χ2n) is 6.46. The number of morpholine rings is 1. The van der Waals surface area contributed by atoms with Crippen LogP contribution in [0.4, 0.5) is 5.69 Å². The molecule has 1 aliphatic rings. The Morgan fingerprint density at radius 1 is 1.21 bits per heavy atom. The van der Waals surface area contributed by atoms with Crippen molar-refractivity contribution >= 4 is 29.3 Å². The van der Waals surface area contributed by atoms with E-state index in [0.29, 0.717) is 49.6 Å². The van der Waals surface area contributed by atoms with Gasteiger partial charge in [0, 0.05) is 25.3 Å². The van der Waals surface area contributed by atoms with Crippen molar-refractivity contribution in [2.24, 2.45) is 0 Å². The van der Waals surface area contributed by atoms with E-state index in [1.54, 1.807) is 4.90 Å². The number of aryl methyl sites for hydroxylation is 1. The molecule has 1 fully saturated rings. The van der Waals surface area contributed by atoms with Crippen LogP contribution in [0.3, 0.4) is 0 Å². The fourth-order valence-corrected chi connectivity index (χ4v) is 3.88. The second-order valence-corrected chi connectivity index (χ2v) is 7.41. The molecule has 2 aromatic rings. The minimum absolute atomic E-state index is 0.0674. The molecule has 1 aromatic carbocycles. The van der Waals surface area contributed by atoms with Crippen molar-refractivity contribution in [3.8, 4) is 0 Å². The van der Waals surface area contributed by atoms with Crippen LogP contribution in [0.15, 0.2) is 29.4 Å². The van der Waals surface area contributed by atoms with E-state index in [0.717, 1.165) is 11.3 Å². The number of amides is 2. The quantitative estimate of drug-likeness (QED) is 0.709. The van der Waals surface area contributed by atoms with Crippen LogP contribution in [-0.4, -0.2) is 63.5 Å². The van der Waals surface area contributed by atoms with Gasteiger partial charge in [0.2, 0.25) is 11.8 Å². The molecule has 8 nitrogen and oxygen atoms in total. The number of benzene rings is 1. The summed E-state index contributed by atoms with van der Waals surface area (Å²) in [5.74, 6) is 0.818. The minimum Gasteiger partial charge on any atom is -0.378 e. The summed E-state index contributed by atoms with van der Waals surface area (Å²) < 4.78 is 7.16. The molecule has 2 heterocycles. The number of para-hydroxylation sites is 1. The van der Waals surface area contributed by atoms with Gasteiger partial charge in [-0.2, -0.15) is 0 Å². The summed E-state index contributed by atoms with van der Waals surface area (Å²) in [6, 6.07) is 7.64. The van der Waals surface area contributed by atoms with E-state index in [1.165, 1.54) is 11.8 Å². The highest BCUT2D eigenvalue weighted by molar-refractivity contribution is 7.99. The Balaban J connectivity index is 1.59. The summed E-state index contributed by atoms with van der Waals surface area (Å²) >= 11 is 1.35. The first-order valence-corrected chi connectivity index (χ1v) is 10.3. The average Bonchev–Trinajstić information content (AvgIpc) is 3.09. The Morgan fingerprint density at radius 2 is 1.96 bits per heavy atom. The molecule has 9 heteroatoms. The van der Waals surface area contributed by atoms with Crippen LogP contribution in [0.25, 0.3) is 0 Å². The number of carbonyl (C=O) groups excluding carboxylic acids is 2. The molecule has 0 atom stereocenters. The number of hydrogen-bond acceptors (Lipinski definition) is 6. The van der Waals surface area contributed by atoms with Gasteiger partial charge in [-0.3, -0.25) is 9.59 Å². The van der Waals surface area contributed by atoms with Gasteiger partial charge in [0.05, 0.1) is 25.4 Å². The zero-order valence-electron chi connectivity index (χ0n) is 16.2. The molecule has 1 saturated heterocycles. The van der Waals surface area contributed by atoms with Gasteiger partial charge in [-0.05, 0) is 25.5 Å². The molecule has 0 unspecified atom stereocenters. The predicted molar refractivity (Wildman–Crippen MR) is 107 cm³/mol. The number of nitrogens with one attached hydrogen (secondary N) is 1. The molecule has 1 N–H and O–H groups in total. The highest BCUT2D eigenvalue weighted by Gasteiger charge is 2.20. The Bertz CT molecular complexity index is 833. The highest BCUT2D eigenvalue weighted by Crippen LogP contribution is 2.19. The number of thioether (sulfide) groups is 1. The van der Waals surface area contributed by atoms with Crippen molar-refractivity contribution < 1.29 is 14.3 Å². The maximum absolute atomic E-state index is 12.4. The van der Waals surface area contributed by atoms with E-state index in [1.807, 2.05) is 42.7 Å². The molecule has 0 spiro atoms. The lowest BCUT2D eigenvalue weighted by molar-refractivity contribution is -0.132. The number of hydrogen-bond donors (Lipinski definition) is 1. The zero-order chi connectivity index (χ0) is 19.9. The van der Waals surface area contributed by atoms with Crippen LogP contribution in [0, 0.1) is 6.92 Å². The first-order chi connectivity index (χ1) is 13.6. The van der Waals surface area contributed by atoms with Gasteiger partial charge >= 0.3 is 0 Å². The minimum atomic E-state index is -0.141. The second kappa shape index (κ2) is 9.70. The number of anilines is 1. The average molecular weight is 404 g/mol. The number of ether oxygens (including phenoxy) is 1. The van der Waals surface area contributed by atoms with Crippen LogP contribution in [0.2, 0.25) is 0 Å². The molecule has 0 bridgehead atoms. The number of aromatic nitrogens is 3. The van der Waals surface area contributed by atoms with Crippen molar-refractivity contribution in [3.05, 3.63) is 35.7 Å². The third-order valence-corrected chi connectivity index (χ3v) is 5.49. The van der Waals surface area contributed by atoms with E-state index in [2.05, 4.69) is 15.5 Å². The lowest BCUT2D eigenvalue weighted by atomic mass is 10.2. The third kappa shape index (κ3) is 5.11. The molecule has 150 valence electrons.